The number of carbonyl (C=O) groups excluding carboxylic acids is 3. The summed E-state index contributed by atoms with van der Waals surface area (Å²) in [4.78, 5) is 45.9. The number of carbonyl (C=O) groups is 3. The molecule has 0 bridgehead atoms. The van der Waals surface area contributed by atoms with Gasteiger partial charge in [-0.25, -0.2) is 4.39 Å². The molecule has 0 unspecified atom stereocenters. The topological polar surface area (TPSA) is 183 Å². The van der Waals surface area contributed by atoms with Crippen LogP contribution in [0, 0.1) is 0 Å². The van der Waals surface area contributed by atoms with Gasteiger partial charge in [0.05, 0.1) is 18.3 Å². The minimum atomic E-state index is -1.60. The molecule has 156 valence electrons. The molecule has 3 rings (SSSR count). The van der Waals surface area contributed by atoms with Crippen LogP contribution in [-0.2, 0) is 19.2 Å². The monoisotopic (exact) mass is 468 g/mol. The van der Waals surface area contributed by atoms with Crippen molar-refractivity contribution >= 4 is 51.9 Å². The molecule has 12 nitrogen and oxygen atoms in total. The van der Waals surface area contributed by atoms with Crippen molar-refractivity contribution in [1.29, 1.82) is 0 Å². The van der Waals surface area contributed by atoms with Crippen molar-refractivity contribution < 1.29 is 63.4 Å². The van der Waals surface area contributed by atoms with Gasteiger partial charge in [0.15, 0.2) is 5.13 Å². The quantitative estimate of drug-likeness (QED) is 0.109. The van der Waals surface area contributed by atoms with Crippen LogP contribution in [0.2, 0.25) is 0 Å². The minimum Gasteiger partial charge on any atom is -0.543 e. The third-order valence-corrected chi connectivity index (χ3v) is 5.79. The summed E-state index contributed by atoms with van der Waals surface area (Å²) in [5.74, 6) is -3.20. The van der Waals surface area contributed by atoms with E-state index in [9.17, 15) is 29.0 Å². The molecule has 4 N–H and O–H groups in total. The van der Waals surface area contributed by atoms with Gasteiger partial charge in [-0.2, -0.15) is 9.36 Å². The zero-order valence-electron chi connectivity index (χ0n) is 15.5. The number of halogens is 1. The number of aliphatic carboxylic acids is 1. The Morgan fingerprint density at radius 2 is 2.23 bits per heavy atom. The van der Waals surface area contributed by atoms with Gasteiger partial charge in [0, 0.05) is 17.3 Å². The maximum atomic E-state index is 12.6. The van der Waals surface area contributed by atoms with Crippen LogP contribution in [0.25, 0.3) is 0 Å². The third-order valence-electron chi connectivity index (χ3n) is 3.91. The normalized spacial score (nSPS) is 20.8. The molecule has 1 aromatic rings. The van der Waals surface area contributed by atoms with Crippen LogP contribution in [0.4, 0.5) is 9.52 Å². The van der Waals surface area contributed by atoms with Gasteiger partial charge < -0.3 is 30.9 Å². The molecule has 2 amide bonds. The Kier molecular flexibility index (Phi) is 8.57. The molecule has 3 heterocycles. The van der Waals surface area contributed by atoms with E-state index in [1.54, 1.807) is 0 Å². The smallest absolute Gasteiger partial charge is 0.543 e. The number of thioether (sulfide) groups is 1. The standard InChI is InChI=1S/C14H15FN6O6S2.Na/c15-1-2-27-19-6(9-18-14(16)29-20-9)10(23)17-7-11(24)21-8(13(25)26)5(3-22)4-28-12(7)21;/h7,12,22H,1-4H2,(H,17,23)(H,25,26)(H2,16,18,20);/q;+1/p-1/b19-6-;/t7-,12-;/m1./s1. The molecule has 2 aliphatic rings. The molecule has 16 heteroatoms. The molecule has 0 saturated carbocycles. The molecular formula is C14H14FN6NaO6S2. The predicted molar refractivity (Wildman–Crippen MR) is 96.9 cm³/mol. The van der Waals surface area contributed by atoms with Gasteiger partial charge in [0.2, 0.25) is 11.5 Å². The second-order valence-electron chi connectivity index (χ2n) is 5.68. The number of oxime groups is 1. The number of nitrogens with zero attached hydrogens (tertiary/aromatic N) is 4. The van der Waals surface area contributed by atoms with Crippen LogP contribution in [0.3, 0.4) is 0 Å². The molecule has 30 heavy (non-hydrogen) atoms. The predicted octanol–water partition coefficient (Wildman–Crippen LogP) is -5.79. The Balaban J connectivity index is 0.00000320. The Morgan fingerprint density at radius 3 is 2.80 bits per heavy atom. The molecule has 2 aliphatic heterocycles. The van der Waals surface area contributed by atoms with Gasteiger partial charge in [0.25, 0.3) is 11.8 Å². The Labute approximate surface area is 199 Å². The van der Waals surface area contributed by atoms with E-state index in [0.29, 0.717) is 0 Å². The molecule has 0 spiro atoms. The number of nitrogens with one attached hydrogen (secondary N) is 1. The summed E-state index contributed by atoms with van der Waals surface area (Å²) in [6.07, 6.45) is 0. The number of nitrogens with two attached hydrogens (primary N) is 1. The number of hydrogen-bond donors (Lipinski definition) is 3. The number of aliphatic hydroxyl groups excluding tert-OH is 1. The van der Waals surface area contributed by atoms with Gasteiger partial charge >= 0.3 is 29.6 Å². The summed E-state index contributed by atoms with van der Waals surface area (Å²) in [5.41, 5.74) is 4.83. The van der Waals surface area contributed by atoms with Crippen molar-refractivity contribution in [3.63, 3.8) is 0 Å². The van der Waals surface area contributed by atoms with Crippen molar-refractivity contribution in [2.24, 2.45) is 5.16 Å². The number of nitrogen functional groups attached to an aromatic ring is 1. The van der Waals surface area contributed by atoms with E-state index in [-0.39, 0.29) is 51.8 Å². The molecule has 1 saturated heterocycles. The summed E-state index contributed by atoms with van der Waals surface area (Å²) >= 11 is 1.96. The fourth-order valence-corrected chi connectivity index (χ4v) is 4.43. The number of fused-ring (bicyclic) bond motifs is 1. The van der Waals surface area contributed by atoms with Crippen LogP contribution in [0.1, 0.15) is 5.82 Å². The first kappa shape index (κ1) is 24.5. The Bertz CT molecular complexity index is 911. The Hall–Kier alpha value is -1.78. The molecule has 0 aromatic carbocycles. The zero-order valence-corrected chi connectivity index (χ0v) is 19.2. The first-order chi connectivity index (χ1) is 13.9. The largest absolute Gasteiger partial charge is 1.00 e. The van der Waals surface area contributed by atoms with Crippen LogP contribution in [0.5, 0.6) is 0 Å². The summed E-state index contributed by atoms with van der Waals surface area (Å²) in [7, 11) is 0. The van der Waals surface area contributed by atoms with E-state index in [0.717, 1.165) is 16.4 Å². The van der Waals surface area contributed by atoms with Gasteiger partial charge in [-0.3, -0.25) is 14.5 Å². The van der Waals surface area contributed by atoms with Crippen LogP contribution >= 0.6 is 23.3 Å². The molecule has 0 aliphatic carbocycles. The number of amides is 2. The number of aromatic nitrogens is 2. The van der Waals surface area contributed by atoms with Crippen molar-refractivity contribution in [2.45, 2.75) is 11.4 Å². The maximum Gasteiger partial charge on any atom is 1.00 e. The number of hydrogen-bond acceptors (Lipinski definition) is 12. The van der Waals surface area contributed by atoms with Crippen molar-refractivity contribution in [3.8, 4) is 0 Å². The number of alkyl halides is 1. The Morgan fingerprint density at radius 1 is 1.50 bits per heavy atom. The number of rotatable bonds is 8. The second kappa shape index (κ2) is 10.5. The number of carboxylic acids is 1. The van der Waals surface area contributed by atoms with Gasteiger partial charge in [0.1, 0.15) is 24.7 Å². The molecule has 0 radical (unpaired) electrons. The molecule has 1 aromatic heterocycles. The molecular weight excluding hydrogens is 454 g/mol. The average molecular weight is 468 g/mol. The van der Waals surface area contributed by atoms with Crippen molar-refractivity contribution in [3.05, 3.63) is 17.1 Å². The zero-order chi connectivity index (χ0) is 21.1. The maximum absolute atomic E-state index is 12.6. The van der Waals surface area contributed by atoms with E-state index in [1.165, 1.54) is 11.8 Å². The van der Waals surface area contributed by atoms with Crippen LogP contribution in [-0.4, -0.2) is 79.9 Å². The summed E-state index contributed by atoms with van der Waals surface area (Å²) in [6, 6.07) is -1.07. The molecule has 1 fully saturated rings. The summed E-state index contributed by atoms with van der Waals surface area (Å²) in [5, 5.41) is 25.9. The molecule has 2 atom stereocenters. The average Bonchev–Trinajstić information content (AvgIpc) is 3.13. The second-order valence-corrected chi connectivity index (χ2v) is 7.57. The first-order valence-electron chi connectivity index (χ1n) is 8.04. The third kappa shape index (κ3) is 4.76. The van der Waals surface area contributed by atoms with Gasteiger partial charge in [-0.05, 0) is 5.57 Å². The van der Waals surface area contributed by atoms with E-state index in [4.69, 9.17) is 5.73 Å². The van der Waals surface area contributed by atoms with Crippen molar-refractivity contribution in [2.75, 3.05) is 31.4 Å². The van der Waals surface area contributed by atoms with E-state index in [2.05, 4.69) is 24.7 Å². The van der Waals surface area contributed by atoms with E-state index >= 15 is 0 Å². The van der Waals surface area contributed by atoms with Crippen LogP contribution < -0.4 is 45.7 Å². The number of carboxylic acid groups (broad SMARTS) is 1. The van der Waals surface area contributed by atoms with E-state index < -0.39 is 60.5 Å². The fraction of sp³-hybridized carbons (Fsp3) is 0.429. The number of aliphatic hydroxyl groups is 1. The summed E-state index contributed by atoms with van der Waals surface area (Å²) < 4.78 is 16.1. The first-order valence-corrected chi connectivity index (χ1v) is 9.86. The fourth-order valence-electron chi connectivity index (χ4n) is 2.66. The van der Waals surface area contributed by atoms with Gasteiger partial charge in [-0.1, -0.05) is 5.16 Å². The summed E-state index contributed by atoms with van der Waals surface area (Å²) in [6.45, 7) is -1.79. The SMILES string of the molecule is Nc1nc(/C(=N/OCCF)C(=O)N[C@@H]2C(=O)N3C(C(=O)[O-])=C(CO)CS[C@H]23)ns1.[Na+]. The minimum absolute atomic E-state index is 0. The van der Waals surface area contributed by atoms with Gasteiger partial charge in [-0.15, -0.1) is 11.8 Å². The number of anilines is 1. The van der Waals surface area contributed by atoms with E-state index in [1.807, 2.05) is 0 Å². The van der Waals surface area contributed by atoms with Crippen molar-refractivity contribution in [1.82, 2.24) is 19.6 Å². The van der Waals surface area contributed by atoms with Crippen LogP contribution in [0.15, 0.2) is 16.4 Å². The number of β-lactam (4-membered cyclic amide) rings is 1.